The zero-order chi connectivity index (χ0) is 13.3. The van der Waals surface area contributed by atoms with Gasteiger partial charge in [0.25, 0.3) is 0 Å². The molecule has 18 heavy (non-hydrogen) atoms. The molecule has 0 atom stereocenters. The molecule has 0 fully saturated rings. The summed E-state index contributed by atoms with van der Waals surface area (Å²) in [6.45, 7) is 1.57. The average Bonchev–Trinajstić information content (AvgIpc) is 2.35. The summed E-state index contributed by atoms with van der Waals surface area (Å²) in [6.07, 6.45) is 0. The van der Waals surface area contributed by atoms with Gasteiger partial charge in [0, 0.05) is 11.1 Å². The first-order valence-electron chi connectivity index (χ1n) is 5.35. The molecule has 2 aromatic rings. The summed E-state index contributed by atoms with van der Waals surface area (Å²) >= 11 is 0. The van der Waals surface area contributed by atoms with Crippen LogP contribution >= 0.6 is 0 Å². The van der Waals surface area contributed by atoms with Crippen LogP contribution in [0.4, 0.5) is 14.5 Å². The van der Waals surface area contributed by atoms with E-state index in [1.165, 1.54) is 30.3 Å². The maximum Gasteiger partial charge on any atom is 0.193 e. The van der Waals surface area contributed by atoms with Crippen molar-refractivity contribution in [3.8, 4) is 0 Å². The Morgan fingerprint density at radius 3 is 2.22 bits per heavy atom. The second-order valence-corrected chi connectivity index (χ2v) is 4.03. The quantitative estimate of drug-likeness (QED) is 0.654. The van der Waals surface area contributed by atoms with Crippen molar-refractivity contribution in [2.24, 2.45) is 0 Å². The van der Waals surface area contributed by atoms with Crippen molar-refractivity contribution >= 4 is 11.5 Å². The summed E-state index contributed by atoms with van der Waals surface area (Å²) in [5.74, 6) is -1.38. The molecule has 92 valence electrons. The molecule has 2 aromatic carbocycles. The largest absolute Gasteiger partial charge is 0.396 e. The molecule has 0 aliphatic rings. The molecule has 0 amide bonds. The Morgan fingerprint density at radius 2 is 1.61 bits per heavy atom. The number of anilines is 1. The van der Waals surface area contributed by atoms with Crippen LogP contribution in [0, 0.1) is 18.6 Å². The third-order valence-electron chi connectivity index (χ3n) is 2.68. The number of carbonyl (C=O) groups is 1. The van der Waals surface area contributed by atoms with Crippen LogP contribution in [-0.4, -0.2) is 5.78 Å². The van der Waals surface area contributed by atoms with Crippen molar-refractivity contribution in [3.63, 3.8) is 0 Å². The normalized spacial score (nSPS) is 10.4. The van der Waals surface area contributed by atoms with Crippen LogP contribution in [0.1, 0.15) is 21.5 Å². The van der Waals surface area contributed by atoms with Crippen molar-refractivity contribution in [1.29, 1.82) is 0 Å². The van der Waals surface area contributed by atoms with Gasteiger partial charge in [0.2, 0.25) is 0 Å². The molecule has 2 N–H and O–H groups in total. The summed E-state index contributed by atoms with van der Waals surface area (Å²) in [5, 5.41) is 0. The molecule has 0 spiro atoms. The Balaban J connectivity index is 2.41. The minimum Gasteiger partial charge on any atom is -0.396 e. The number of benzene rings is 2. The lowest BCUT2D eigenvalue weighted by Crippen LogP contribution is -2.04. The third kappa shape index (κ3) is 2.22. The van der Waals surface area contributed by atoms with Crippen molar-refractivity contribution in [2.45, 2.75) is 6.92 Å². The molecule has 0 aliphatic heterocycles. The van der Waals surface area contributed by atoms with Crippen LogP contribution in [0.2, 0.25) is 0 Å². The van der Waals surface area contributed by atoms with Crippen LogP contribution in [0.15, 0.2) is 36.4 Å². The highest BCUT2D eigenvalue weighted by atomic mass is 19.1. The van der Waals surface area contributed by atoms with Gasteiger partial charge in [-0.3, -0.25) is 4.79 Å². The Kier molecular flexibility index (Phi) is 3.10. The molecule has 2 nitrogen and oxygen atoms in total. The third-order valence-corrected chi connectivity index (χ3v) is 2.68. The molecule has 4 heteroatoms. The number of nitrogen functional groups attached to an aromatic ring is 1. The van der Waals surface area contributed by atoms with Gasteiger partial charge in [-0.05, 0) is 48.9 Å². The first-order valence-corrected chi connectivity index (χ1v) is 5.35. The molecule has 2 rings (SSSR count). The van der Waals surface area contributed by atoms with Gasteiger partial charge in [-0.2, -0.15) is 0 Å². The maximum atomic E-state index is 13.3. The highest BCUT2D eigenvalue weighted by Gasteiger charge is 2.12. The van der Waals surface area contributed by atoms with Gasteiger partial charge >= 0.3 is 0 Å². The van der Waals surface area contributed by atoms with Crippen molar-refractivity contribution in [1.82, 2.24) is 0 Å². The van der Waals surface area contributed by atoms with E-state index in [1.54, 1.807) is 6.92 Å². The summed E-state index contributed by atoms with van der Waals surface area (Å²) in [6, 6.07) is 7.88. The predicted octanol–water partition coefficient (Wildman–Crippen LogP) is 3.09. The van der Waals surface area contributed by atoms with Gasteiger partial charge in [0.05, 0.1) is 5.69 Å². The van der Waals surface area contributed by atoms with Gasteiger partial charge in [-0.25, -0.2) is 8.78 Å². The van der Waals surface area contributed by atoms with Crippen LogP contribution in [-0.2, 0) is 0 Å². The fourth-order valence-corrected chi connectivity index (χ4v) is 1.62. The summed E-state index contributed by atoms with van der Waals surface area (Å²) in [7, 11) is 0. The molecule has 0 heterocycles. The van der Waals surface area contributed by atoms with Gasteiger partial charge in [-0.1, -0.05) is 0 Å². The minimum absolute atomic E-state index is 0.0122. The fraction of sp³-hybridized carbons (Fsp3) is 0.0714. The van der Waals surface area contributed by atoms with E-state index in [0.717, 1.165) is 6.07 Å². The van der Waals surface area contributed by atoms with Crippen LogP contribution in [0.25, 0.3) is 0 Å². The summed E-state index contributed by atoms with van der Waals surface area (Å²) < 4.78 is 26.4. The highest BCUT2D eigenvalue weighted by molar-refractivity contribution is 6.09. The van der Waals surface area contributed by atoms with E-state index in [-0.39, 0.29) is 22.9 Å². The van der Waals surface area contributed by atoms with E-state index in [0.29, 0.717) is 11.1 Å². The summed E-state index contributed by atoms with van der Waals surface area (Å²) in [4.78, 5) is 12.0. The van der Waals surface area contributed by atoms with E-state index in [2.05, 4.69) is 0 Å². The van der Waals surface area contributed by atoms with E-state index in [1.807, 2.05) is 0 Å². The maximum absolute atomic E-state index is 13.3. The Bertz CT molecular complexity index is 570. The molecule has 0 saturated heterocycles. The number of nitrogens with two attached hydrogens (primary N) is 1. The first-order chi connectivity index (χ1) is 8.49. The van der Waals surface area contributed by atoms with Crippen LogP contribution < -0.4 is 5.73 Å². The monoisotopic (exact) mass is 247 g/mol. The second kappa shape index (κ2) is 4.56. The molecule has 0 radical (unpaired) electrons. The van der Waals surface area contributed by atoms with Gasteiger partial charge in [0.1, 0.15) is 11.6 Å². The average molecular weight is 247 g/mol. The van der Waals surface area contributed by atoms with E-state index in [9.17, 15) is 13.6 Å². The Morgan fingerprint density at radius 1 is 1.00 bits per heavy atom. The molecular weight excluding hydrogens is 236 g/mol. The topological polar surface area (TPSA) is 43.1 Å². The number of ketones is 1. The number of hydrogen-bond donors (Lipinski definition) is 1. The molecule has 0 aliphatic carbocycles. The van der Waals surface area contributed by atoms with Crippen molar-refractivity contribution in [3.05, 3.63) is 64.7 Å². The van der Waals surface area contributed by atoms with Crippen molar-refractivity contribution in [2.75, 3.05) is 5.73 Å². The summed E-state index contributed by atoms with van der Waals surface area (Å²) in [5.41, 5.74) is 6.20. The van der Waals surface area contributed by atoms with Gasteiger partial charge in [-0.15, -0.1) is 0 Å². The van der Waals surface area contributed by atoms with E-state index in [4.69, 9.17) is 5.73 Å². The van der Waals surface area contributed by atoms with Gasteiger partial charge < -0.3 is 5.73 Å². The van der Waals surface area contributed by atoms with Crippen LogP contribution in [0.5, 0.6) is 0 Å². The number of carbonyl (C=O) groups excluding carboxylic acids is 1. The first kappa shape index (κ1) is 12.2. The van der Waals surface area contributed by atoms with E-state index >= 15 is 0 Å². The lowest BCUT2D eigenvalue weighted by molar-refractivity contribution is 0.103. The van der Waals surface area contributed by atoms with E-state index < -0.39 is 5.82 Å². The smallest absolute Gasteiger partial charge is 0.193 e. The lowest BCUT2D eigenvalue weighted by atomic mass is 10.0. The number of hydrogen-bond acceptors (Lipinski definition) is 2. The molecular formula is C14H11F2NO. The molecule has 0 bridgehead atoms. The Hall–Kier alpha value is -2.23. The SMILES string of the molecule is Cc1cc(C(=O)c2ccc(N)c(F)c2)ccc1F. The Labute approximate surface area is 103 Å². The standard InChI is InChI=1S/C14H11F2NO/c1-8-6-9(2-4-11(8)15)14(18)10-3-5-13(17)12(16)7-10/h2-7H,17H2,1H3. The molecule has 0 unspecified atom stereocenters. The fourth-order valence-electron chi connectivity index (χ4n) is 1.62. The minimum atomic E-state index is -0.639. The molecule has 0 aromatic heterocycles. The van der Waals surface area contributed by atoms with Crippen molar-refractivity contribution < 1.29 is 13.6 Å². The zero-order valence-corrected chi connectivity index (χ0v) is 9.71. The van der Waals surface area contributed by atoms with Gasteiger partial charge in [0.15, 0.2) is 5.78 Å². The lowest BCUT2D eigenvalue weighted by Gasteiger charge is -2.04. The molecule has 0 saturated carbocycles. The second-order valence-electron chi connectivity index (χ2n) is 4.03. The number of rotatable bonds is 2. The zero-order valence-electron chi connectivity index (χ0n) is 9.71. The number of halogens is 2. The van der Waals surface area contributed by atoms with Crippen LogP contribution in [0.3, 0.4) is 0 Å². The number of aryl methyl sites for hydroxylation is 1. The predicted molar refractivity (Wildman–Crippen MR) is 65.4 cm³/mol. The highest BCUT2D eigenvalue weighted by Crippen LogP contribution is 2.17.